The van der Waals surface area contributed by atoms with Crippen LogP contribution in [0.4, 0.5) is 0 Å². The van der Waals surface area contributed by atoms with Crippen molar-refractivity contribution in [3.63, 3.8) is 0 Å². The van der Waals surface area contributed by atoms with Gasteiger partial charge in [-0.1, -0.05) is 35.9 Å². The molecular weight excluding hydrogens is 263 g/mol. The van der Waals surface area contributed by atoms with E-state index in [9.17, 15) is 14.4 Å². The summed E-state index contributed by atoms with van der Waals surface area (Å²) in [7, 11) is -2.97. The summed E-state index contributed by atoms with van der Waals surface area (Å²) in [6, 6.07) is 12.6. The van der Waals surface area contributed by atoms with Gasteiger partial charge in [-0.15, -0.1) is 0 Å². The van der Waals surface area contributed by atoms with Crippen molar-refractivity contribution in [3.8, 4) is 16.9 Å². The molecule has 2 rings (SSSR count). The summed E-state index contributed by atoms with van der Waals surface area (Å²) in [6.07, 6.45) is 0. The lowest BCUT2D eigenvalue weighted by Gasteiger charge is -2.12. The van der Waals surface area contributed by atoms with Gasteiger partial charge in [0.2, 0.25) is 0 Å². The van der Waals surface area contributed by atoms with E-state index in [2.05, 4.69) is 0 Å². The summed E-state index contributed by atoms with van der Waals surface area (Å²) in [5, 5.41) is -0.0897. The second-order valence-electron chi connectivity index (χ2n) is 4.30. The molecule has 0 atom stereocenters. The topological polar surface area (TPSA) is 66.8 Å². The van der Waals surface area contributed by atoms with Crippen LogP contribution in [-0.4, -0.2) is 16.9 Å². The molecule has 0 fully saturated rings. The van der Waals surface area contributed by atoms with Crippen LogP contribution in [0.25, 0.3) is 11.1 Å². The molecule has 0 unspecified atom stereocenters. The fraction of sp³-hybridized carbons (Fsp3) is 0.143. The molecule has 100 valence electrons. The van der Waals surface area contributed by atoms with E-state index in [1.54, 1.807) is 12.1 Å². The standard InChI is InChI=1S/C14H15O4P/c1-10-3-5-11(6-4-10)12-7-8-13(18-2)14(9-12)19(15,16)17/h3-9H,1-2H3,(H2,15,16,17). The molecule has 2 aromatic rings. The largest absolute Gasteiger partial charge is 0.496 e. The van der Waals surface area contributed by atoms with Gasteiger partial charge in [0.25, 0.3) is 0 Å². The first-order chi connectivity index (χ1) is 8.91. The van der Waals surface area contributed by atoms with Crippen molar-refractivity contribution >= 4 is 12.9 Å². The normalized spacial score (nSPS) is 11.4. The summed E-state index contributed by atoms with van der Waals surface area (Å²) in [5.41, 5.74) is 2.79. The second kappa shape index (κ2) is 5.17. The Labute approximate surface area is 111 Å². The summed E-state index contributed by atoms with van der Waals surface area (Å²) in [5.74, 6) is 0.198. The van der Waals surface area contributed by atoms with E-state index in [0.717, 1.165) is 16.7 Å². The third-order valence-corrected chi connectivity index (χ3v) is 3.85. The minimum Gasteiger partial charge on any atom is -0.496 e. The van der Waals surface area contributed by atoms with Gasteiger partial charge in [0.15, 0.2) is 0 Å². The second-order valence-corrected chi connectivity index (χ2v) is 5.87. The van der Waals surface area contributed by atoms with E-state index in [4.69, 9.17) is 4.74 Å². The van der Waals surface area contributed by atoms with Gasteiger partial charge in [-0.25, -0.2) is 0 Å². The SMILES string of the molecule is COc1ccc(-c2ccc(C)cc2)cc1P(=O)(O)O. The highest BCUT2D eigenvalue weighted by molar-refractivity contribution is 7.60. The van der Waals surface area contributed by atoms with Crippen LogP contribution in [0.3, 0.4) is 0 Å². The molecule has 0 spiro atoms. The van der Waals surface area contributed by atoms with Crippen molar-refractivity contribution in [2.45, 2.75) is 6.92 Å². The van der Waals surface area contributed by atoms with Crippen LogP contribution in [0.2, 0.25) is 0 Å². The third-order valence-electron chi connectivity index (χ3n) is 2.88. The Bertz CT molecular complexity index is 628. The number of hydrogen-bond donors (Lipinski definition) is 2. The monoisotopic (exact) mass is 278 g/mol. The van der Waals surface area contributed by atoms with E-state index in [-0.39, 0.29) is 11.1 Å². The molecular formula is C14H15O4P. The summed E-state index contributed by atoms with van der Waals surface area (Å²) in [6.45, 7) is 1.98. The van der Waals surface area contributed by atoms with Crippen LogP contribution >= 0.6 is 7.60 Å². The number of aryl methyl sites for hydroxylation is 1. The molecule has 5 heteroatoms. The lowest BCUT2D eigenvalue weighted by atomic mass is 10.0. The average molecular weight is 278 g/mol. The summed E-state index contributed by atoms with van der Waals surface area (Å²) in [4.78, 5) is 18.7. The first-order valence-electron chi connectivity index (χ1n) is 5.73. The average Bonchev–Trinajstić information content (AvgIpc) is 2.38. The van der Waals surface area contributed by atoms with Crippen LogP contribution in [0.1, 0.15) is 5.56 Å². The molecule has 0 radical (unpaired) electrons. The van der Waals surface area contributed by atoms with Gasteiger partial charge in [-0.2, -0.15) is 0 Å². The summed E-state index contributed by atoms with van der Waals surface area (Å²) < 4.78 is 16.5. The zero-order chi connectivity index (χ0) is 14.0. The Kier molecular flexibility index (Phi) is 3.76. The number of ether oxygens (including phenoxy) is 1. The van der Waals surface area contributed by atoms with Gasteiger partial charge < -0.3 is 14.5 Å². The number of methoxy groups -OCH3 is 1. The molecule has 0 aliphatic carbocycles. The van der Waals surface area contributed by atoms with E-state index in [1.807, 2.05) is 31.2 Å². The third kappa shape index (κ3) is 3.04. The molecule has 19 heavy (non-hydrogen) atoms. The molecule has 4 nitrogen and oxygen atoms in total. The maximum Gasteiger partial charge on any atom is 0.359 e. The van der Waals surface area contributed by atoms with Crippen LogP contribution in [0, 0.1) is 6.92 Å². The Morgan fingerprint density at radius 3 is 2.11 bits per heavy atom. The van der Waals surface area contributed by atoms with Crippen molar-refractivity contribution in [3.05, 3.63) is 48.0 Å². The first-order valence-corrected chi connectivity index (χ1v) is 7.34. The highest BCUT2D eigenvalue weighted by Crippen LogP contribution is 2.38. The zero-order valence-electron chi connectivity index (χ0n) is 10.7. The first kappa shape index (κ1) is 13.8. The van der Waals surface area contributed by atoms with Crippen LogP contribution in [0.15, 0.2) is 42.5 Å². The number of benzene rings is 2. The maximum absolute atomic E-state index is 11.5. The Hall–Kier alpha value is -1.61. The number of hydrogen-bond acceptors (Lipinski definition) is 2. The fourth-order valence-electron chi connectivity index (χ4n) is 1.84. The van der Waals surface area contributed by atoms with Crippen molar-refractivity contribution in [2.75, 3.05) is 7.11 Å². The van der Waals surface area contributed by atoms with Gasteiger partial charge >= 0.3 is 7.60 Å². The van der Waals surface area contributed by atoms with Gasteiger partial charge in [0.05, 0.1) is 7.11 Å². The molecule has 0 aromatic heterocycles. The molecule has 2 aromatic carbocycles. The predicted molar refractivity (Wildman–Crippen MR) is 74.8 cm³/mol. The van der Waals surface area contributed by atoms with Crippen LogP contribution in [-0.2, 0) is 4.57 Å². The Morgan fingerprint density at radius 2 is 1.58 bits per heavy atom. The van der Waals surface area contributed by atoms with Gasteiger partial charge in [0, 0.05) is 0 Å². The molecule has 0 saturated carbocycles. The van der Waals surface area contributed by atoms with Crippen molar-refractivity contribution < 1.29 is 19.1 Å². The maximum atomic E-state index is 11.5. The molecule has 0 aliphatic rings. The van der Waals surface area contributed by atoms with E-state index >= 15 is 0 Å². The van der Waals surface area contributed by atoms with Crippen LogP contribution in [0.5, 0.6) is 5.75 Å². The lowest BCUT2D eigenvalue weighted by Crippen LogP contribution is -2.08. The molecule has 0 aliphatic heterocycles. The highest BCUT2D eigenvalue weighted by atomic mass is 31.2. The fourth-order valence-corrected chi connectivity index (χ4v) is 2.60. The smallest absolute Gasteiger partial charge is 0.359 e. The van der Waals surface area contributed by atoms with Crippen molar-refractivity contribution in [1.29, 1.82) is 0 Å². The van der Waals surface area contributed by atoms with Crippen molar-refractivity contribution in [2.24, 2.45) is 0 Å². The Morgan fingerprint density at radius 1 is 1.00 bits per heavy atom. The molecule has 0 saturated heterocycles. The van der Waals surface area contributed by atoms with Crippen molar-refractivity contribution in [1.82, 2.24) is 0 Å². The molecule has 2 N–H and O–H groups in total. The van der Waals surface area contributed by atoms with Gasteiger partial charge in [-0.3, -0.25) is 4.57 Å². The summed E-state index contributed by atoms with van der Waals surface area (Å²) >= 11 is 0. The Balaban J connectivity index is 2.55. The van der Waals surface area contributed by atoms with E-state index < -0.39 is 7.60 Å². The van der Waals surface area contributed by atoms with Crippen LogP contribution < -0.4 is 10.0 Å². The minimum atomic E-state index is -4.35. The quantitative estimate of drug-likeness (QED) is 0.846. The predicted octanol–water partition coefficient (Wildman–Crippen LogP) is 2.47. The minimum absolute atomic E-state index is 0.0897. The zero-order valence-corrected chi connectivity index (χ0v) is 11.6. The molecule has 0 amide bonds. The highest BCUT2D eigenvalue weighted by Gasteiger charge is 2.23. The van der Waals surface area contributed by atoms with Gasteiger partial charge in [-0.05, 0) is 30.2 Å². The molecule has 0 heterocycles. The molecule has 0 bridgehead atoms. The van der Waals surface area contributed by atoms with E-state index in [0.29, 0.717) is 0 Å². The van der Waals surface area contributed by atoms with E-state index in [1.165, 1.54) is 13.2 Å². The number of rotatable bonds is 3. The van der Waals surface area contributed by atoms with Gasteiger partial charge in [0.1, 0.15) is 11.1 Å². The lowest BCUT2D eigenvalue weighted by molar-refractivity contribution is 0.380.